The summed E-state index contributed by atoms with van der Waals surface area (Å²) in [6.07, 6.45) is -0.0682. The van der Waals surface area contributed by atoms with Crippen molar-refractivity contribution in [1.29, 1.82) is 0 Å². The standard InChI is InChI=1S/C18H16N2O5S/c1-12(21)13-5-7-15(8-6-13)19-18(23)14-3-2-4-16(11-14)20-17(22)9-10-26(20,24)25/h2-8,11H,9-10H2,1H3,(H,19,23). The molecular formula is C18H16N2O5S. The number of amides is 2. The molecule has 0 aliphatic carbocycles. The van der Waals surface area contributed by atoms with Crippen LogP contribution in [0.5, 0.6) is 0 Å². The molecule has 0 aromatic heterocycles. The smallest absolute Gasteiger partial charge is 0.255 e. The molecule has 26 heavy (non-hydrogen) atoms. The molecule has 0 spiro atoms. The molecule has 1 saturated heterocycles. The predicted molar refractivity (Wildman–Crippen MR) is 96.7 cm³/mol. The zero-order valence-electron chi connectivity index (χ0n) is 13.9. The largest absolute Gasteiger partial charge is 0.322 e. The van der Waals surface area contributed by atoms with Gasteiger partial charge in [0, 0.05) is 23.2 Å². The van der Waals surface area contributed by atoms with E-state index in [1.165, 1.54) is 31.2 Å². The molecule has 134 valence electrons. The molecule has 2 amide bonds. The van der Waals surface area contributed by atoms with Gasteiger partial charge in [-0.2, -0.15) is 0 Å². The maximum atomic E-state index is 12.4. The molecule has 0 atom stereocenters. The maximum Gasteiger partial charge on any atom is 0.255 e. The Morgan fingerprint density at radius 3 is 2.31 bits per heavy atom. The molecule has 1 aliphatic rings. The monoisotopic (exact) mass is 372 g/mol. The molecule has 8 heteroatoms. The van der Waals surface area contributed by atoms with Crippen molar-refractivity contribution >= 4 is 39.0 Å². The number of nitrogens with one attached hydrogen (secondary N) is 1. The van der Waals surface area contributed by atoms with Crippen molar-refractivity contribution in [3.63, 3.8) is 0 Å². The predicted octanol–water partition coefficient (Wildman–Crippen LogP) is 2.21. The van der Waals surface area contributed by atoms with Crippen LogP contribution in [-0.2, 0) is 14.8 Å². The van der Waals surface area contributed by atoms with Crippen LogP contribution in [0.25, 0.3) is 0 Å². The van der Waals surface area contributed by atoms with Crippen LogP contribution in [0.1, 0.15) is 34.1 Å². The van der Waals surface area contributed by atoms with Crippen molar-refractivity contribution in [2.24, 2.45) is 0 Å². The zero-order chi connectivity index (χ0) is 18.9. The van der Waals surface area contributed by atoms with Gasteiger partial charge in [-0.25, -0.2) is 12.7 Å². The number of hydrogen-bond donors (Lipinski definition) is 1. The first-order chi connectivity index (χ1) is 12.3. The van der Waals surface area contributed by atoms with Crippen LogP contribution in [0.4, 0.5) is 11.4 Å². The lowest BCUT2D eigenvalue weighted by Gasteiger charge is -2.15. The molecule has 0 unspecified atom stereocenters. The van der Waals surface area contributed by atoms with Gasteiger partial charge in [0.15, 0.2) is 5.78 Å². The summed E-state index contributed by atoms with van der Waals surface area (Å²) in [7, 11) is -3.68. The summed E-state index contributed by atoms with van der Waals surface area (Å²) in [4.78, 5) is 35.6. The van der Waals surface area contributed by atoms with Gasteiger partial charge in [-0.1, -0.05) is 6.07 Å². The Kier molecular flexibility index (Phi) is 4.60. The van der Waals surface area contributed by atoms with Gasteiger partial charge in [0.2, 0.25) is 15.9 Å². The van der Waals surface area contributed by atoms with E-state index < -0.39 is 21.8 Å². The number of benzene rings is 2. The van der Waals surface area contributed by atoms with Crippen LogP contribution in [0, 0.1) is 0 Å². The van der Waals surface area contributed by atoms with Gasteiger partial charge in [0.25, 0.3) is 5.91 Å². The van der Waals surface area contributed by atoms with E-state index in [0.717, 1.165) is 4.31 Å². The highest BCUT2D eigenvalue weighted by atomic mass is 32.2. The quantitative estimate of drug-likeness (QED) is 0.829. The third-order valence-corrected chi connectivity index (χ3v) is 5.66. The minimum Gasteiger partial charge on any atom is -0.322 e. The highest BCUT2D eigenvalue weighted by molar-refractivity contribution is 7.94. The number of ketones is 1. The second kappa shape index (κ2) is 6.72. The van der Waals surface area contributed by atoms with Crippen molar-refractivity contribution < 1.29 is 22.8 Å². The van der Waals surface area contributed by atoms with E-state index in [-0.39, 0.29) is 29.2 Å². The molecule has 1 fully saturated rings. The van der Waals surface area contributed by atoms with Crippen LogP contribution in [0.15, 0.2) is 48.5 Å². The first-order valence-electron chi connectivity index (χ1n) is 7.86. The van der Waals surface area contributed by atoms with E-state index in [2.05, 4.69) is 5.32 Å². The van der Waals surface area contributed by atoms with E-state index in [0.29, 0.717) is 11.3 Å². The number of Topliss-reactive ketones (excluding diaryl/α,β-unsaturated/α-hetero) is 1. The molecule has 0 saturated carbocycles. The van der Waals surface area contributed by atoms with Crippen molar-refractivity contribution in [1.82, 2.24) is 0 Å². The lowest BCUT2D eigenvalue weighted by molar-refractivity contribution is -0.116. The van der Waals surface area contributed by atoms with E-state index in [9.17, 15) is 22.8 Å². The molecule has 0 radical (unpaired) electrons. The molecule has 2 aromatic rings. The first kappa shape index (κ1) is 17.8. The van der Waals surface area contributed by atoms with Crippen LogP contribution in [0.2, 0.25) is 0 Å². The number of hydrogen-bond acceptors (Lipinski definition) is 5. The average molecular weight is 372 g/mol. The van der Waals surface area contributed by atoms with E-state index >= 15 is 0 Å². The normalized spacial score (nSPS) is 15.7. The number of rotatable bonds is 4. The minimum atomic E-state index is -3.68. The van der Waals surface area contributed by atoms with Crippen LogP contribution < -0.4 is 9.62 Å². The number of sulfonamides is 1. The Hall–Kier alpha value is -3.00. The second-order valence-electron chi connectivity index (χ2n) is 5.86. The van der Waals surface area contributed by atoms with Gasteiger partial charge in [0.05, 0.1) is 11.4 Å². The topological polar surface area (TPSA) is 101 Å². The molecular weight excluding hydrogens is 356 g/mol. The summed E-state index contributed by atoms with van der Waals surface area (Å²) in [6, 6.07) is 12.3. The Morgan fingerprint density at radius 1 is 1.04 bits per heavy atom. The molecule has 0 bridgehead atoms. The van der Waals surface area contributed by atoms with Gasteiger partial charge in [-0.15, -0.1) is 0 Å². The highest BCUT2D eigenvalue weighted by Gasteiger charge is 2.36. The van der Waals surface area contributed by atoms with Crippen molar-refractivity contribution in [3.05, 3.63) is 59.7 Å². The second-order valence-corrected chi connectivity index (χ2v) is 7.80. The van der Waals surface area contributed by atoms with Crippen molar-refractivity contribution in [2.45, 2.75) is 13.3 Å². The number of carbonyl (C=O) groups is 3. The van der Waals surface area contributed by atoms with Gasteiger partial charge in [-0.05, 0) is 49.4 Å². The van der Waals surface area contributed by atoms with Crippen LogP contribution >= 0.6 is 0 Å². The molecule has 1 aliphatic heterocycles. The summed E-state index contributed by atoms with van der Waals surface area (Å²) in [6.45, 7) is 1.45. The Labute approximate surface area is 150 Å². The van der Waals surface area contributed by atoms with E-state index in [1.54, 1.807) is 24.3 Å². The van der Waals surface area contributed by atoms with Gasteiger partial charge in [-0.3, -0.25) is 14.4 Å². The first-order valence-corrected chi connectivity index (χ1v) is 9.47. The third kappa shape index (κ3) is 3.50. The van der Waals surface area contributed by atoms with Gasteiger partial charge < -0.3 is 5.32 Å². The molecule has 7 nitrogen and oxygen atoms in total. The van der Waals surface area contributed by atoms with E-state index in [4.69, 9.17) is 0 Å². The number of carbonyl (C=O) groups excluding carboxylic acids is 3. The highest BCUT2D eigenvalue weighted by Crippen LogP contribution is 2.26. The SMILES string of the molecule is CC(=O)c1ccc(NC(=O)c2cccc(N3C(=O)CCS3(=O)=O)c2)cc1. The molecule has 2 aromatic carbocycles. The zero-order valence-corrected chi connectivity index (χ0v) is 14.7. The maximum absolute atomic E-state index is 12.4. The fraction of sp³-hybridized carbons (Fsp3) is 0.167. The summed E-state index contributed by atoms with van der Waals surface area (Å²) in [5, 5.41) is 2.67. The summed E-state index contributed by atoms with van der Waals surface area (Å²) >= 11 is 0. The van der Waals surface area contributed by atoms with Crippen molar-refractivity contribution in [2.75, 3.05) is 15.4 Å². The Bertz CT molecular complexity index is 996. The van der Waals surface area contributed by atoms with Crippen molar-refractivity contribution in [3.8, 4) is 0 Å². The molecule has 1 N–H and O–H groups in total. The van der Waals surface area contributed by atoms with E-state index in [1.807, 2.05) is 0 Å². The third-order valence-electron chi connectivity index (χ3n) is 3.97. The Balaban J connectivity index is 1.82. The Morgan fingerprint density at radius 2 is 1.73 bits per heavy atom. The lowest BCUT2D eigenvalue weighted by atomic mass is 10.1. The number of nitrogens with zero attached hydrogens (tertiary/aromatic N) is 1. The lowest BCUT2D eigenvalue weighted by Crippen LogP contribution is -2.29. The van der Waals surface area contributed by atoms with Gasteiger partial charge in [0.1, 0.15) is 0 Å². The van der Waals surface area contributed by atoms with Crippen LogP contribution in [-0.4, -0.2) is 31.8 Å². The summed E-state index contributed by atoms with van der Waals surface area (Å²) in [5.74, 6) is -1.27. The summed E-state index contributed by atoms with van der Waals surface area (Å²) in [5.41, 5.74) is 1.39. The molecule has 1 heterocycles. The average Bonchev–Trinajstić information content (AvgIpc) is 2.88. The van der Waals surface area contributed by atoms with Crippen LogP contribution in [0.3, 0.4) is 0 Å². The van der Waals surface area contributed by atoms with Gasteiger partial charge >= 0.3 is 0 Å². The minimum absolute atomic E-state index is 0.0682. The molecule has 3 rings (SSSR count). The fourth-order valence-corrected chi connectivity index (χ4v) is 4.09. The number of anilines is 2. The summed E-state index contributed by atoms with van der Waals surface area (Å²) < 4.78 is 24.8. The fourth-order valence-electron chi connectivity index (χ4n) is 2.63.